The third kappa shape index (κ3) is 4.42. The summed E-state index contributed by atoms with van der Waals surface area (Å²) in [6, 6.07) is 2.33. The van der Waals surface area contributed by atoms with Crippen LogP contribution in [-0.4, -0.2) is 63.0 Å². The zero-order valence-electron chi connectivity index (χ0n) is 12.6. The number of nitrogens with one attached hydrogen (secondary N) is 1. The van der Waals surface area contributed by atoms with Crippen LogP contribution in [0.5, 0.6) is 0 Å². The number of hydrogen-bond donors (Lipinski definition) is 1. The molecule has 4 heteroatoms. The highest BCUT2D eigenvalue weighted by molar-refractivity contribution is 4.97. The van der Waals surface area contributed by atoms with Crippen molar-refractivity contribution in [2.75, 3.05) is 40.0 Å². The molecule has 2 rings (SSSR count). The van der Waals surface area contributed by atoms with Gasteiger partial charge in [0.15, 0.2) is 0 Å². The van der Waals surface area contributed by atoms with E-state index in [2.05, 4.69) is 17.1 Å². The summed E-state index contributed by atoms with van der Waals surface area (Å²) in [5.74, 6) is 0. The SMILES string of the molecule is CCCNC1CC2CCC(C1)N2CCOCCOC. The van der Waals surface area contributed by atoms with Gasteiger partial charge in [-0.3, -0.25) is 4.90 Å². The van der Waals surface area contributed by atoms with Crippen LogP contribution in [0.25, 0.3) is 0 Å². The Morgan fingerprint density at radius 1 is 1.11 bits per heavy atom. The highest BCUT2D eigenvalue weighted by atomic mass is 16.5. The Morgan fingerprint density at radius 3 is 2.47 bits per heavy atom. The number of ether oxygens (including phenoxy) is 2. The zero-order chi connectivity index (χ0) is 13.5. The molecule has 2 atom stereocenters. The molecule has 2 aliphatic heterocycles. The molecule has 2 fully saturated rings. The van der Waals surface area contributed by atoms with E-state index in [-0.39, 0.29) is 0 Å². The van der Waals surface area contributed by atoms with Crippen molar-refractivity contribution < 1.29 is 9.47 Å². The van der Waals surface area contributed by atoms with Gasteiger partial charge in [-0.1, -0.05) is 6.92 Å². The summed E-state index contributed by atoms with van der Waals surface area (Å²) >= 11 is 0. The van der Waals surface area contributed by atoms with Gasteiger partial charge in [-0.25, -0.2) is 0 Å². The molecule has 0 amide bonds. The smallest absolute Gasteiger partial charge is 0.0700 e. The van der Waals surface area contributed by atoms with E-state index in [1.54, 1.807) is 7.11 Å². The van der Waals surface area contributed by atoms with Crippen molar-refractivity contribution in [1.82, 2.24) is 10.2 Å². The average Bonchev–Trinajstić information content (AvgIpc) is 2.67. The van der Waals surface area contributed by atoms with E-state index in [9.17, 15) is 0 Å². The third-order valence-electron chi connectivity index (χ3n) is 4.49. The minimum atomic E-state index is 0.704. The highest BCUT2D eigenvalue weighted by Crippen LogP contribution is 2.35. The lowest BCUT2D eigenvalue weighted by Crippen LogP contribution is -2.50. The molecule has 2 bridgehead atoms. The summed E-state index contributed by atoms with van der Waals surface area (Å²) < 4.78 is 10.6. The van der Waals surface area contributed by atoms with E-state index in [4.69, 9.17) is 9.47 Å². The van der Waals surface area contributed by atoms with Crippen LogP contribution < -0.4 is 5.32 Å². The van der Waals surface area contributed by atoms with Crippen molar-refractivity contribution in [2.24, 2.45) is 0 Å². The van der Waals surface area contributed by atoms with E-state index in [1.165, 1.54) is 38.6 Å². The Morgan fingerprint density at radius 2 is 1.84 bits per heavy atom. The number of methoxy groups -OCH3 is 1. The summed E-state index contributed by atoms with van der Waals surface area (Å²) in [4.78, 5) is 2.69. The molecule has 4 nitrogen and oxygen atoms in total. The molecule has 0 aromatic heterocycles. The minimum Gasteiger partial charge on any atom is -0.382 e. The van der Waals surface area contributed by atoms with Crippen LogP contribution >= 0.6 is 0 Å². The monoisotopic (exact) mass is 270 g/mol. The van der Waals surface area contributed by atoms with Crippen LogP contribution in [0.2, 0.25) is 0 Å². The maximum absolute atomic E-state index is 5.61. The molecule has 2 saturated heterocycles. The second kappa shape index (κ2) is 8.20. The normalized spacial score (nSPS) is 30.9. The number of fused-ring (bicyclic) bond motifs is 2. The molecule has 0 radical (unpaired) electrons. The molecule has 0 aromatic carbocycles. The summed E-state index contributed by atoms with van der Waals surface area (Å²) in [6.45, 7) is 6.79. The Kier molecular flexibility index (Phi) is 6.57. The highest BCUT2D eigenvalue weighted by Gasteiger charge is 2.39. The van der Waals surface area contributed by atoms with E-state index in [0.29, 0.717) is 6.61 Å². The lowest BCUT2D eigenvalue weighted by Gasteiger charge is -2.39. The van der Waals surface area contributed by atoms with Crippen LogP contribution in [-0.2, 0) is 9.47 Å². The Labute approximate surface area is 117 Å². The fourth-order valence-corrected chi connectivity index (χ4v) is 3.57. The van der Waals surface area contributed by atoms with Gasteiger partial charge in [0.1, 0.15) is 0 Å². The van der Waals surface area contributed by atoms with Crippen LogP contribution in [0.15, 0.2) is 0 Å². The maximum Gasteiger partial charge on any atom is 0.0700 e. The molecule has 0 spiro atoms. The summed E-state index contributed by atoms with van der Waals surface area (Å²) in [5, 5.41) is 3.70. The number of hydrogen-bond acceptors (Lipinski definition) is 4. The number of piperidine rings is 1. The second-order valence-corrected chi connectivity index (χ2v) is 5.85. The van der Waals surface area contributed by atoms with Crippen molar-refractivity contribution >= 4 is 0 Å². The number of nitrogens with zero attached hydrogens (tertiary/aromatic N) is 1. The van der Waals surface area contributed by atoms with Crippen molar-refractivity contribution in [3.63, 3.8) is 0 Å². The van der Waals surface area contributed by atoms with Gasteiger partial charge >= 0.3 is 0 Å². The van der Waals surface area contributed by atoms with Gasteiger partial charge in [0.25, 0.3) is 0 Å². The van der Waals surface area contributed by atoms with Crippen LogP contribution in [0.4, 0.5) is 0 Å². The lowest BCUT2D eigenvalue weighted by molar-refractivity contribution is 0.0356. The Balaban J connectivity index is 1.67. The van der Waals surface area contributed by atoms with Gasteiger partial charge in [0.2, 0.25) is 0 Å². The van der Waals surface area contributed by atoms with Crippen molar-refractivity contribution in [2.45, 2.75) is 57.2 Å². The van der Waals surface area contributed by atoms with E-state index in [0.717, 1.165) is 37.9 Å². The van der Waals surface area contributed by atoms with Crippen LogP contribution in [0.3, 0.4) is 0 Å². The molecule has 0 aliphatic carbocycles. The first kappa shape index (κ1) is 15.2. The fraction of sp³-hybridized carbons (Fsp3) is 1.00. The molecule has 0 aromatic rings. The maximum atomic E-state index is 5.61. The fourth-order valence-electron chi connectivity index (χ4n) is 3.57. The van der Waals surface area contributed by atoms with Crippen LogP contribution in [0.1, 0.15) is 39.0 Å². The van der Waals surface area contributed by atoms with Gasteiger partial charge in [-0.2, -0.15) is 0 Å². The summed E-state index contributed by atoms with van der Waals surface area (Å²) in [6.07, 6.45) is 6.66. The molecule has 2 unspecified atom stereocenters. The predicted molar refractivity (Wildman–Crippen MR) is 77.5 cm³/mol. The molecule has 0 saturated carbocycles. The zero-order valence-corrected chi connectivity index (χ0v) is 12.6. The predicted octanol–water partition coefficient (Wildman–Crippen LogP) is 1.64. The quantitative estimate of drug-likeness (QED) is 0.646. The Hall–Kier alpha value is -0.160. The molecule has 19 heavy (non-hydrogen) atoms. The Bertz CT molecular complexity index is 236. The van der Waals surface area contributed by atoms with Crippen LogP contribution in [0, 0.1) is 0 Å². The largest absolute Gasteiger partial charge is 0.382 e. The first-order valence-electron chi connectivity index (χ1n) is 7.91. The first-order valence-corrected chi connectivity index (χ1v) is 7.91. The van der Waals surface area contributed by atoms with Crippen molar-refractivity contribution in [3.05, 3.63) is 0 Å². The van der Waals surface area contributed by atoms with Gasteiger partial charge in [-0.15, -0.1) is 0 Å². The standard InChI is InChI=1S/C15H30N2O2/c1-3-6-16-13-11-14-4-5-15(12-13)17(14)7-8-19-10-9-18-2/h13-16H,3-12H2,1-2H3. The molecule has 2 aliphatic rings. The molecular weight excluding hydrogens is 240 g/mol. The summed E-state index contributed by atoms with van der Waals surface area (Å²) in [7, 11) is 1.72. The first-order chi connectivity index (χ1) is 9.35. The van der Waals surface area contributed by atoms with Gasteiger partial charge in [0, 0.05) is 31.8 Å². The van der Waals surface area contributed by atoms with E-state index >= 15 is 0 Å². The average molecular weight is 270 g/mol. The molecular formula is C15H30N2O2. The number of rotatable bonds is 9. The molecule has 112 valence electrons. The van der Waals surface area contributed by atoms with Gasteiger partial charge in [0.05, 0.1) is 19.8 Å². The topological polar surface area (TPSA) is 33.7 Å². The minimum absolute atomic E-state index is 0.704. The van der Waals surface area contributed by atoms with Gasteiger partial charge in [-0.05, 0) is 38.6 Å². The lowest BCUT2D eigenvalue weighted by atomic mass is 9.97. The molecule has 2 heterocycles. The van der Waals surface area contributed by atoms with Gasteiger partial charge < -0.3 is 14.8 Å². The van der Waals surface area contributed by atoms with E-state index in [1.807, 2.05) is 0 Å². The van der Waals surface area contributed by atoms with Crippen molar-refractivity contribution in [3.8, 4) is 0 Å². The molecule has 1 N–H and O–H groups in total. The van der Waals surface area contributed by atoms with E-state index < -0.39 is 0 Å². The third-order valence-corrected chi connectivity index (χ3v) is 4.49. The second-order valence-electron chi connectivity index (χ2n) is 5.85. The van der Waals surface area contributed by atoms with Crippen molar-refractivity contribution in [1.29, 1.82) is 0 Å². The summed E-state index contributed by atoms with van der Waals surface area (Å²) in [5.41, 5.74) is 0.